The molecule has 0 amide bonds. The summed E-state index contributed by atoms with van der Waals surface area (Å²) in [7, 11) is -1.98. The van der Waals surface area contributed by atoms with Crippen LogP contribution in [0.2, 0.25) is 18.1 Å². The first-order valence-corrected chi connectivity index (χ1v) is 14.1. The number of aliphatic hydroxyl groups excluding tert-OH is 1. The Bertz CT molecular complexity index is 682. The van der Waals surface area contributed by atoms with Crippen LogP contribution >= 0.6 is 0 Å². The molecule has 4 heteroatoms. The molecule has 0 aromatic rings. The summed E-state index contributed by atoms with van der Waals surface area (Å²) in [6, 6.07) is 0. The molecule has 0 fully saturated rings. The lowest BCUT2D eigenvalue weighted by molar-refractivity contribution is -0.158. The van der Waals surface area contributed by atoms with E-state index in [1.807, 2.05) is 6.92 Å². The molecule has 0 spiro atoms. The van der Waals surface area contributed by atoms with Gasteiger partial charge in [0.25, 0.3) is 0 Å². The van der Waals surface area contributed by atoms with Gasteiger partial charge < -0.3 is 14.6 Å². The molecule has 0 heterocycles. The SMILES string of the molecule is CC1=CC[C@H]2[C@H](O[Si](C)(C)C(C)(C)C)C3=C(CCCC3)C[C@@](O)([C@@H]1O)C2(C)C. The van der Waals surface area contributed by atoms with Crippen LogP contribution in [0.15, 0.2) is 22.8 Å². The standard InChI is InChI=1S/C24H42O3Si/c1-16-13-14-19-20(27-28(7,8)22(2,3)4)18-12-10-9-11-17(18)15-24(26,21(16)25)23(19,5)6/h13,19-21,25-26H,9-12,14-15H2,1-8H3/t19-,20+,21+,24+/m0/s1. The molecule has 3 nitrogen and oxygen atoms in total. The van der Waals surface area contributed by atoms with Crippen LogP contribution in [0.1, 0.15) is 80.1 Å². The largest absolute Gasteiger partial charge is 0.410 e. The molecular weight excluding hydrogens is 364 g/mol. The highest BCUT2D eigenvalue weighted by molar-refractivity contribution is 6.74. The molecule has 3 rings (SSSR count). The Morgan fingerprint density at radius 2 is 1.75 bits per heavy atom. The van der Waals surface area contributed by atoms with Crippen molar-refractivity contribution in [2.75, 3.05) is 0 Å². The van der Waals surface area contributed by atoms with Gasteiger partial charge in [0.15, 0.2) is 8.32 Å². The summed E-state index contributed by atoms with van der Waals surface area (Å²) >= 11 is 0. The number of hydrogen-bond acceptors (Lipinski definition) is 3. The lowest BCUT2D eigenvalue weighted by atomic mass is 9.62. The summed E-state index contributed by atoms with van der Waals surface area (Å²) in [5.74, 6) is 0.171. The molecule has 0 saturated heterocycles. The Balaban J connectivity index is 2.16. The van der Waals surface area contributed by atoms with E-state index in [9.17, 15) is 10.2 Å². The normalized spacial score (nSPS) is 36.4. The second-order valence-electron chi connectivity index (χ2n) is 11.7. The summed E-state index contributed by atoms with van der Waals surface area (Å²) < 4.78 is 7.14. The average molecular weight is 407 g/mol. The molecular formula is C24H42O3Si. The molecule has 0 aromatic carbocycles. The Labute approximate surface area is 173 Å². The highest BCUT2D eigenvalue weighted by Crippen LogP contribution is 2.57. The van der Waals surface area contributed by atoms with E-state index in [4.69, 9.17) is 4.43 Å². The monoisotopic (exact) mass is 406 g/mol. The van der Waals surface area contributed by atoms with Crippen LogP contribution in [-0.4, -0.2) is 36.3 Å². The fourth-order valence-corrected chi connectivity index (χ4v) is 6.64. The predicted molar refractivity (Wildman–Crippen MR) is 119 cm³/mol. The van der Waals surface area contributed by atoms with Gasteiger partial charge in [-0.1, -0.05) is 46.3 Å². The van der Waals surface area contributed by atoms with Crippen LogP contribution in [0.5, 0.6) is 0 Å². The summed E-state index contributed by atoms with van der Waals surface area (Å²) in [6.45, 7) is 17.9. The molecule has 2 N–H and O–H groups in total. The molecule has 0 aliphatic heterocycles. The second-order valence-corrected chi connectivity index (χ2v) is 16.4. The molecule has 3 aliphatic carbocycles. The van der Waals surface area contributed by atoms with Crippen molar-refractivity contribution in [3.05, 3.63) is 22.8 Å². The van der Waals surface area contributed by atoms with E-state index in [0.717, 1.165) is 24.8 Å². The number of allylic oxidation sites excluding steroid dienone is 1. The minimum atomic E-state index is -1.98. The molecule has 2 bridgehead atoms. The van der Waals surface area contributed by atoms with E-state index in [1.54, 1.807) is 0 Å². The lowest BCUT2D eigenvalue weighted by Gasteiger charge is -2.50. The first-order chi connectivity index (χ1) is 12.7. The Kier molecular flexibility index (Phi) is 5.63. The maximum atomic E-state index is 12.0. The fraction of sp³-hybridized carbons (Fsp3) is 0.833. The molecule has 3 aliphatic rings. The first-order valence-electron chi connectivity index (χ1n) is 11.2. The van der Waals surface area contributed by atoms with Crippen molar-refractivity contribution >= 4 is 8.32 Å². The van der Waals surface area contributed by atoms with Crippen LogP contribution in [-0.2, 0) is 4.43 Å². The van der Waals surface area contributed by atoms with Gasteiger partial charge in [-0.05, 0) is 74.2 Å². The van der Waals surface area contributed by atoms with E-state index in [2.05, 4.69) is 53.8 Å². The topological polar surface area (TPSA) is 49.7 Å². The summed E-state index contributed by atoms with van der Waals surface area (Å²) in [6.07, 6.45) is 7.33. The highest BCUT2D eigenvalue weighted by Gasteiger charge is 2.59. The predicted octanol–water partition coefficient (Wildman–Crippen LogP) is 5.74. The quantitative estimate of drug-likeness (QED) is 0.454. The Morgan fingerprint density at radius 3 is 2.36 bits per heavy atom. The summed E-state index contributed by atoms with van der Waals surface area (Å²) in [4.78, 5) is 0. The average Bonchev–Trinajstić information content (AvgIpc) is 2.68. The van der Waals surface area contributed by atoms with E-state index in [0.29, 0.717) is 6.42 Å². The van der Waals surface area contributed by atoms with Gasteiger partial charge in [0.05, 0.1) is 6.10 Å². The van der Waals surface area contributed by atoms with Crippen LogP contribution in [0.4, 0.5) is 0 Å². The Hall–Kier alpha value is -0.423. The number of fused-ring (bicyclic) bond motifs is 2. The van der Waals surface area contributed by atoms with Crippen LogP contribution in [0, 0.1) is 11.3 Å². The van der Waals surface area contributed by atoms with Gasteiger partial charge in [-0.3, -0.25) is 0 Å². The number of hydrogen-bond donors (Lipinski definition) is 2. The third-order valence-corrected chi connectivity index (χ3v) is 13.1. The van der Waals surface area contributed by atoms with E-state index >= 15 is 0 Å². The summed E-state index contributed by atoms with van der Waals surface area (Å²) in [5, 5.41) is 23.3. The van der Waals surface area contributed by atoms with Gasteiger partial charge in [0.2, 0.25) is 0 Å². The maximum Gasteiger partial charge on any atom is 0.192 e. The molecule has 4 atom stereocenters. The van der Waals surface area contributed by atoms with E-state index in [1.165, 1.54) is 24.0 Å². The third kappa shape index (κ3) is 3.38. The van der Waals surface area contributed by atoms with Crippen molar-refractivity contribution in [3.8, 4) is 0 Å². The highest BCUT2D eigenvalue weighted by atomic mass is 28.4. The zero-order valence-electron chi connectivity index (χ0n) is 19.4. The Morgan fingerprint density at radius 1 is 1.14 bits per heavy atom. The van der Waals surface area contributed by atoms with Crippen molar-refractivity contribution in [1.82, 2.24) is 0 Å². The van der Waals surface area contributed by atoms with Crippen molar-refractivity contribution in [2.45, 2.75) is 116 Å². The van der Waals surface area contributed by atoms with Gasteiger partial charge in [-0.2, -0.15) is 0 Å². The maximum absolute atomic E-state index is 12.0. The van der Waals surface area contributed by atoms with E-state index < -0.39 is 25.4 Å². The lowest BCUT2D eigenvalue weighted by Crippen LogP contribution is -2.58. The van der Waals surface area contributed by atoms with Crippen LogP contribution in [0.3, 0.4) is 0 Å². The fourth-order valence-electron chi connectivity index (χ4n) is 5.35. The molecule has 160 valence electrons. The summed E-state index contributed by atoms with van der Waals surface area (Å²) in [5.41, 5.74) is 2.14. The van der Waals surface area contributed by atoms with Gasteiger partial charge >= 0.3 is 0 Å². The molecule has 28 heavy (non-hydrogen) atoms. The smallest absolute Gasteiger partial charge is 0.192 e. The van der Waals surface area contributed by atoms with Gasteiger partial charge in [-0.15, -0.1) is 0 Å². The first kappa shape index (κ1) is 22.3. The zero-order chi connectivity index (χ0) is 21.1. The van der Waals surface area contributed by atoms with Gasteiger partial charge in [0.1, 0.15) is 11.7 Å². The number of rotatable bonds is 2. The minimum Gasteiger partial charge on any atom is -0.410 e. The second kappa shape index (κ2) is 7.07. The van der Waals surface area contributed by atoms with Gasteiger partial charge in [-0.25, -0.2) is 0 Å². The zero-order valence-corrected chi connectivity index (χ0v) is 20.4. The molecule has 0 saturated carbocycles. The van der Waals surface area contributed by atoms with Gasteiger partial charge in [0, 0.05) is 11.8 Å². The van der Waals surface area contributed by atoms with Crippen LogP contribution < -0.4 is 0 Å². The minimum absolute atomic E-state index is 0.0505. The third-order valence-electron chi connectivity index (χ3n) is 8.67. The van der Waals surface area contributed by atoms with Crippen molar-refractivity contribution in [3.63, 3.8) is 0 Å². The molecule has 0 radical (unpaired) electrons. The van der Waals surface area contributed by atoms with Crippen molar-refractivity contribution < 1.29 is 14.6 Å². The van der Waals surface area contributed by atoms with Crippen LogP contribution in [0.25, 0.3) is 0 Å². The molecule has 0 aromatic heterocycles. The number of aliphatic hydroxyl groups is 2. The van der Waals surface area contributed by atoms with Crippen molar-refractivity contribution in [1.29, 1.82) is 0 Å². The van der Waals surface area contributed by atoms with Crippen molar-refractivity contribution in [2.24, 2.45) is 11.3 Å². The molecule has 0 unspecified atom stereocenters. The van der Waals surface area contributed by atoms with E-state index in [-0.39, 0.29) is 17.1 Å².